The lowest BCUT2D eigenvalue weighted by atomic mass is 10.1. The van der Waals surface area contributed by atoms with Gasteiger partial charge in [-0.3, -0.25) is 9.69 Å². The summed E-state index contributed by atoms with van der Waals surface area (Å²) in [5.74, 6) is -0.313. The Kier molecular flexibility index (Phi) is 7.89. The van der Waals surface area contributed by atoms with Crippen molar-refractivity contribution in [1.29, 1.82) is 0 Å². The predicted octanol–water partition coefficient (Wildman–Crippen LogP) is 2.99. The third kappa shape index (κ3) is 6.49. The minimum atomic E-state index is -3.72. The van der Waals surface area contributed by atoms with E-state index in [0.717, 1.165) is 48.9 Å². The fraction of sp³-hybridized carbons (Fsp3) is 0.292. The second kappa shape index (κ2) is 11.0. The van der Waals surface area contributed by atoms with Gasteiger partial charge in [0.1, 0.15) is 0 Å². The number of rotatable bonds is 9. The second-order valence-corrected chi connectivity index (χ2v) is 10.6. The van der Waals surface area contributed by atoms with Crippen molar-refractivity contribution >= 4 is 27.3 Å². The number of hydrogen-bond donors (Lipinski definition) is 2. The van der Waals surface area contributed by atoms with E-state index in [4.69, 9.17) is 4.74 Å². The number of morpholine rings is 1. The number of ether oxygens (including phenoxy) is 1. The highest BCUT2D eigenvalue weighted by Crippen LogP contribution is 2.16. The summed E-state index contributed by atoms with van der Waals surface area (Å²) in [6.45, 7) is 4.65. The van der Waals surface area contributed by atoms with Crippen molar-refractivity contribution in [3.8, 4) is 0 Å². The molecule has 1 fully saturated rings. The Balaban J connectivity index is 1.39. The number of carbonyl (C=O) groups excluding carboxylic acids is 1. The molecule has 0 bridgehead atoms. The Morgan fingerprint density at radius 2 is 1.76 bits per heavy atom. The molecule has 0 unspecified atom stereocenters. The van der Waals surface area contributed by atoms with Crippen LogP contribution in [0.5, 0.6) is 0 Å². The zero-order chi connectivity index (χ0) is 23.1. The molecule has 4 rings (SSSR count). The molecule has 2 N–H and O–H groups in total. The van der Waals surface area contributed by atoms with Gasteiger partial charge >= 0.3 is 0 Å². The van der Waals surface area contributed by atoms with E-state index in [1.54, 1.807) is 12.1 Å². The molecule has 7 nitrogen and oxygen atoms in total. The quantitative estimate of drug-likeness (QED) is 0.487. The summed E-state index contributed by atoms with van der Waals surface area (Å²) in [6, 6.07) is 17.9. The molecule has 1 aliphatic heterocycles. The van der Waals surface area contributed by atoms with E-state index < -0.39 is 10.0 Å². The molecule has 1 aromatic heterocycles. The third-order valence-corrected chi connectivity index (χ3v) is 7.75. The molecule has 1 saturated heterocycles. The Morgan fingerprint density at radius 3 is 2.52 bits per heavy atom. The van der Waals surface area contributed by atoms with Gasteiger partial charge in [-0.25, -0.2) is 13.1 Å². The molecular weight excluding hydrogens is 458 g/mol. The van der Waals surface area contributed by atoms with E-state index in [2.05, 4.69) is 21.0 Å². The van der Waals surface area contributed by atoms with Gasteiger partial charge in [-0.1, -0.05) is 36.4 Å². The molecule has 0 saturated carbocycles. The average molecular weight is 486 g/mol. The van der Waals surface area contributed by atoms with E-state index in [1.807, 2.05) is 35.7 Å². The predicted molar refractivity (Wildman–Crippen MR) is 128 cm³/mol. The van der Waals surface area contributed by atoms with Crippen LogP contribution in [-0.4, -0.2) is 45.5 Å². The minimum absolute atomic E-state index is 0.0689. The van der Waals surface area contributed by atoms with Crippen molar-refractivity contribution in [2.24, 2.45) is 0 Å². The Bertz CT molecular complexity index is 1170. The number of thiophene rings is 1. The van der Waals surface area contributed by atoms with Crippen LogP contribution in [0.3, 0.4) is 0 Å². The maximum absolute atomic E-state index is 12.8. The van der Waals surface area contributed by atoms with Gasteiger partial charge in [0, 0.05) is 43.2 Å². The van der Waals surface area contributed by atoms with Crippen LogP contribution in [0, 0.1) is 0 Å². The summed E-state index contributed by atoms with van der Waals surface area (Å²) in [5.41, 5.74) is 2.51. The topological polar surface area (TPSA) is 87.7 Å². The van der Waals surface area contributed by atoms with Crippen LogP contribution in [0.25, 0.3) is 0 Å². The van der Waals surface area contributed by atoms with Gasteiger partial charge in [-0.2, -0.15) is 0 Å². The first-order chi connectivity index (χ1) is 16.0. The summed E-state index contributed by atoms with van der Waals surface area (Å²) in [7, 11) is -3.72. The van der Waals surface area contributed by atoms with E-state index in [0.29, 0.717) is 12.1 Å². The summed E-state index contributed by atoms with van der Waals surface area (Å²) in [4.78, 5) is 16.1. The number of nitrogens with zero attached hydrogens (tertiary/aromatic N) is 1. The molecule has 1 aliphatic rings. The minimum Gasteiger partial charge on any atom is -0.379 e. The van der Waals surface area contributed by atoms with Gasteiger partial charge in [-0.15, -0.1) is 11.3 Å². The zero-order valence-corrected chi connectivity index (χ0v) is 19.8. The fourth-order valence-electron chi connectivity index (χ4n) is 3.63. The monoisotopic (exact) mass is 485 g/mol. The van der Waals surface area contributed by atoms with Crippen LogP contribution in [0.15, 0.2) is 70.9 Å². The Morgan fingerprint density at radius 1 is 0.970 bits per heavy atom. The maximum Gasteiger partial charge on any atom is 0.251 e. The molecule has 0 spiro atoms. The molecule has 2 heterocycles. The van der Waals surface area contributed by atoms with Crippen molar-refractivity contribution in [2.45, 2.75) is 24.5 Å². The normalized spacial score (nSPS) is 14.8. The number of nitrogens with one attached hydrogen (secondary N) is 2. The molecule has 33 heavy (non-hydrogen) atoms. The summed E-state index contributed by atoms with van der Waals surface area (Å²) >= 11 is 1.48. The summed E-state index contributed by atoms with van der Waals surface area (Å²) < 4.78 is 33.3. The van der Waals surface area contributed by atoms with Gasteiger partial charge in [0.15, 0.2) is 0 Å². The first-order valence-corrected chi connectivity index (χ1v) is 13.1. The highest BCUT2D eigenvalue weighted by Gasteiger charge is 2.17. The van der Waals surface area contributed by atoms with Gasteiger partial charge in [0.2, 0.25) is 10.0 Å². The van der Waals surface area contributed by atoms with Crippen molar-refractivity contribution < 1.29 is 17.9 Å². The van der Waals surface area contributed by atoms with Gasteiger partial charge in [0.25, 0.3) is 5.91 Å². The van der Waals surface area contributed by atoms with Crippen LogP contribution in [0.1, 0.15) is 26.4 Å². The van der Waals surface area contributed by atoms with Gasteiger partial charge < -0.3 is 10.1 Å². The van der Waals surface area contributed by atoms with E-state index in [1.165, 1.54) is 23.5 Å². The molecule has 174 valence electrons. The van der Waals surface area contributed by atoms with E-state index in [-0.39, 0.29) is 17.3 Å². The standard InChI is InChI=1S/C24H27N3O4S2/c28-24(25-16-20-5-1-2-6-21(20)18-27-10-12-31-13-11-27)19-7-3-9-23(15-19)33(29,30)26-17-22-8-4-14-32-22/h1-9,14-15,26H,10-13,16-18H2,(H,25,28). The third-order valence-electron chi connectivity index (χ3n) is 5.48. The molecule has 0 aliphatic carbocycles. The number of hydrogen-bond acceptors (Lipinski definition) is 6. The molecule has 3 aromatic rings. The lowest BCUT2D eigenvalue weighted by Gasteiger charge is -2.27. The first kappa shape index (κ1) is 23.6. The van der Waals surface area contributed by atoms with Crippen molar-refractivity contribution in [2.75, 3.05) is 26.3 Å². The van der Waals surface area contributed by atoms with Crippen LogP contribution in [-0.2, 0) is 34.4 Å². The van der Waals surface area contributed by atoms with Gasteiger partial charge in [-0.05, 0) is 40.8 Å². The van der Waals surface area contributed by atoms with Crippen LogP contribution in [0.2, 0.25) is 0 Å². The van der Waals surface area contributed by atoms with Crippen molar-refractivity contribution in [1.82, 2.24) is 14.9 Å². The summed E-state index contributed by atoms with van der Waals surface area (Å²) in [6.07, 6.45) is 0. The van der Waals surface area contributed by atoms with Gasteiger partial charge in [0.05, 0.1) is 18.1 Å². The molecule has 9 heteroatoms. The first-order valence-electron chi connectivity index (χ1n) is 10.8. The molecule has 0 atom stereocenters. The van der Waals surface area contributed by atoms with Crippen LogP contribution >= 0.6 is 11.3 Å². The smallest absolute Gasteiger partial charge is 0.251 e. The molecule has 1 amide bonds. The van der Waals surface area contributed by atoms with Crippen molar-refractivity contribution in [3.05, 3.63) is 87.6 Å². The molecular formula is C24H27N3O4S2. The average Bonchev–Trinajstić information content (AvgIpc) is 3.37. The highest BCUT2D eigenvalue weighted by molar-refractivity contribution is 7.89. The number of sulfonamides is 1. The molecule has 0 radical (unpaired) electrons. The largest absolute Gasteiger partial charge is 0.379 e. The lowest BCUT2D eigenvalue weighted by molar-refractivity contribution is 0.0340. The Hall–Kier alpha value is -2.56. The van der Waals surface area contributed by atoms with Crippen molar-refractivity contribution in [3.63, 3.8) is 0 Å². The highest BCUT2D eigenvalue weighted by atomic mass is 32.2. The summed E-state index contributed by atoms with van der Waals surface area (Å²) in [5, 5.41) is 4.83. The van der Waals surface area contributed by atoms with Crippen LogP contribution in [0.4, 0.5) is 0 Å². The number of carbonyl (C=O) groups is 1. The zero-order valence-electron chi connectivity index (χ0n) is 18.2. The SMILES string of the molecule is O=C(NCc1ccccc1CN1CCOCC1)c1cccc(S(=O)(=O)NCc2cccs2)c1. The lowest BCUT2D eigenvalue weighted by Crippen LogP contribution is -2.36. The number of amides is 1. The van der Waals surface area contributed by atoms with E-state index in [9.17, 15) is 13.2 Å². The maximum atomic E-state index is 12.8. The Labute approximate surface area is 198 Å². The fourth-order valence-corrected chi connectivity index (χ4v) is 5.42. The second-order valence-electron chi connectivity index (χ2n) is 7.77. The van der Waals surface area contributed by atoms with Crippen LogP contribution < -0.4 is 10.0 Å². The van der Waals surface area contributed by atoms with E-state index >= 15 is 0 Å². The number of benzene rings is 2. The molecule has 2 aromatic carbocycles.